The maximum atomic E-state index is 11.7. The lowest BCUT2D eigenvalue weighted by molar-refractivity contribution is 0.0964. The Hall–Kier alpha value is -1.91. The molecule has 1 aliphatic carbocycles. The van der Waals surface area contributed by atoms with Crippen LogP contribution in [0.1, 0.15) is 34.5 Å². The number of carbonyl (C=O) groups is 1. The number of nitrogens with one attached hydrogen (secondary N) is 1. The number of aryl methyl sites for hydroxylation is 2. The summed E-state index contributed by atoms with van der Waals surface area (Å²) in [4.78, 5) is 16.0. The standard InChI is InChI=1S/C12H14N4O/c1-13-12(17)9-7-15-16-10-5-3-2-4-8(10)6-14-11(9)16/h6-7H,2-5H2,1H3,(H,13,17). The summed E-state index contributed by atoms with van der Waals surface area (Å²) in [5.74, 6) is -0.136. The van der Waals surface area contributed by atoms with Gasteiger partial charge in [0, 0.05) is 18.9 Å². The molecule has 17 heavy (non-hydrogen) atoms. The maximum Gasteiger partial charge on any atom is 0.256 e. The van der Waals surface area contributed by atoms with Gasteiger partial charge < -0.3 is 5.32 Å². The van der Waals surface area contributed by atoms with Gasteiger partial charge in [0.25, 0.3) is 5.91 Å². The molecule has 0 radical (unpaired) electrons. The topological polar surface area (TPSA) is 59.3 Å². The van der Waals surface area contributed by atoms with Crippen LogP contribution < -0.4 is 5.32 Å². The second-order valence-corrected chi connectivity index (χ2v) is 4.31. The van der Waals surface area contributed by atoms with E-state index < -0.39 is 0 Å². The predicted molar refractivity (Wildman–Crippen MR) is 63.0 cm³/mol. The Bertz CT molecular complexity index is 587. The smallest absolute Gasteiger partial charge is 0.256 e. The monoisotopic (exact) mass is 230 g/mol. The van der Waals surface area contributed by atoms with Gasteiger partial charge in [-0.2, -0.15) is 5.10 Å². The molecule has 1 amide bonds. The minimum absolute atomic E-state index is 0.136. The van der Waals surface area contributed by atoms with E-state index in [1.165, 1.54) is 24.1 Å². The lowest BCUT2D eigenvalue weighted by atomic mass is 9.97. The maximum absolute atomic E-state index is 11.7. The second kappa shape index (κ2) is 3.84. The van der Waals surface area contributed by atoms with Crippen LogP contribution in [0.25, 0.3) is 5.65 Å². The lowest BCUT2D eigenvalue weighted by Crippen LogP contribution is -2.18. The Labute approximate surface area is 98.9 Å². The molecule has 2 aromatic rings. The first-order valence-electron chi connectivity index (χ1n) is 5.88. The molecule has 0 bridgehead atoms. The van der Waals surface area contributed by atoms with E-state index in [1.807, 2.05) is 10.7 Å². The molecule has 0 atom stereocenters. The molecular formula is C12H14N4O. The molecule has 5 nitrogen and oxygen atoms in total. The van der Waals surface area contributed by atoms with E-state index in [2.05, 4.69) is 15.4 Å². The van der Waals surface area contributed by atoms with Crippen LogP contribution in [-0.2, 0) is 12.8 Å². The Kier molecular flexibility index (Phi) is 2.31. The molecule has 3 rings (SSSR count). The predicted octanol–water partition coefficient (Wildman–Crippen LogP) is 0.968. The van der Waals surface area contributed by atoms with Gasteiger partial charge >= 0.3 is 0 Å². The summed E-state index contributed by atoms with van der Waals surface area (Å²) in [5, 5.41) is 6.90. The van der Waals surface area contributed by atoms with E-state index in [1.54, 1.807) is 13.2 Å². The molecule has 0 saturated heterocycles. The summed E-state index contributed by atoms with van der Waals surface area (Å²) >= 11 is 0. The van der Waals surface area contributed by atoms with Crippen LogP contribution in [0.5, 0.6) is 0 Å². The van der Waals surface area contributed by atoms with Crippen molar-refractivity contribution in [2.45, 2.75) is 25.7 Å². The zero-order valence-corrected chi connectivity index (χ0v) is 9.73. The number of hydrogen-bond donors (Lipinski definition) is 1. The largest absolute Gasteiger partial charge is 0.355 e. The highest BCUT2D eigenvalue weighted by Crippen LogP contribution is 2.22. The Morgan fingerprint density at radius 2 is 2.18 bits per heavy atom. The minimum atomic E-state index is -0.136. The number of hydrogen-bond acceptors (Lipinski definition) is 3. The molecule has 0 unspecified atom stereocenters. The van der Waals surface area contributed by atoms with Crippen LogP contribution in [0.2, 0.25) is 0 Å². The van der Waals surface area contributed by atoms with Gasteiger partial charge in [0.15, 0.2) is 5.65 Å². The fourth-order valence-electron chi connectivity index (χ4n) is 2.39. The third-order valence-electron chi connectivity index (χ3n) is 3.29. The van der Waals surface area contributed by atoms with Gasteiger partial charge in [-0.1, -0.05) is 0 Å². The summed E-state index contributed by atoms with van der Waals surface area (Å²) < 4.78 is 1.82. The molecular weight excluding hydrogens is 216 g/mol. The van der Waals surface area contributed by atoms with Crippen LogP contribution >= 0.6 is 0 Å². The van der Waals surface area contributed by atoms with Gasteiger partial charge in [-0.25, -0.2) is 9.50 Å². The highest BCUT2D eigenvalue weighted by atomic mass is 16.1. The first kappa shape index (κ1) is 10.3. The van der Waals surface area contributed by atoms with E-state index in [0.29, 0.717) is 11.2 Å². The molecule has 1 aliphatic rings. The molecule has 0 aromatic carbocycles. The van der Waals surface area contributed by atoms with Crippen molar-refractivity contribution in [3.8, 4) is 0 Å². The van der Waals surface area contributed by atoms with E-state index in [-0.39, 0.29) is 5.91 Å². The third-order valence-corrected chi connectivity index (χ3v) is 3.29. The third kappa shape index (κ3) is 1.50. The molecule has 88 valence electrons. The first-order valence-corrected chi connectivity index (χ1v) is 5.88. The summed E-state index contributed by atoms with van der Waals surface area (Å²) in [6, 6.07) is 0. The van der Waals surface area contributed by atoms with Crippen molar-refractivity contribution in [2.24, 2.45) is 0 Å². The number of amides is 1. The van der Waals surface area contributed by atoms with Crippen LogP contribution in [0.4, 0.5) is 0 Å². The summed E-state index contributed by atoms with van der Waals surface area (Å²) in [7, 11) is 1.62. The van der Waals surface area contributed by atoms with Gasteiger partial charge in [-0.05, 0) is 31.2 Å². The van der Waals surface area contributed by atoms with Gasteiger partial charge in [0.05, 0.1) is 6.20 Å². The van der Waals surface area contributed by atoms with Gasteiger partial charge in [0.1, 0.15) is 5.56 Å². The van der Waals surface area contributed by atoms with Gasteiger partial charge in [-0.3, -0.25) is 4.79 Å². The molecule has 0 fully saturated rings. The van der Waals surface area contributed by atoms with Crippen molar-refractivity contribution in [2.75, 3.05) is 7.05 Å². The molecule has 5 heteroatoms. The molecule has 2 aromatic heterocycles. The molecule has 2 heterocycles. The van der Waals surface area contributed by atoms with Gasteiger partial charge in [-0.15, -0.1) is 0 Å². The van der Waals surface area contributed by atoms with Crippen molar-refractivity contribution in [3.63, 3.8) is 0 Å². The molecule has 0 saturated carbocycles. The number of nitrogens with zero attached hydrogens (tertiary/aromatic N) is 3. The molecule has 0 spiro atoms. The second-order valence-electron chi connectivity index (χ2n) is 4.31. The van der Waals surface area contributed by atoms with Gasteiger partial charge in [0.2, 0.25) is 0 Å². The van der Waals surface area contributed by atoms with Crippen molar-refractivity contribution < 1.29 is 4.79 Å². The molecule has 0 aliphatic heterocycles. The van der Waals surface area contributed by atoms with Crippen LogP contribution in [0, 0.1) is 0 Å². The molecule has 1 N–H and O–H groups in total. The summed E-state index contributed by atoms with van der Waals surface area (Å²) in [5.41, 5.74) is 3.66. The Morgan fingerprint density at radius 3 is 3.00 bits per heavy atom. The van der Waals surface area contributed by atoms with Crippen molar-refractivity contribution in [1.29, 1.82) is 0 Å². The van der Waals surface area contributed by atoms with E-state index >= 15 is 0 Å². The summed E-state index contributed by atoms with van der Waals surface area (Å²) in [6.45, 7) is 0. The first-order chi connectivity index (χ1) is 8.31. The quantitative estimate of drug-likeness (QED) is 0.794. The highest BCUT2D eigenvalue weighted by molar-refractivity contribution is 5.99. The lowest BCUT2D eigenvalue weighted by Gasteiger charge is -2.15. The fourth-order valence-corrected chi connectivity index (χ4v) is 2.39. The van der Waals surface area contributed by atoms with Crippen LogP contribution in [-0.4, -0.2) is 27.6 Å². The number of aromatic nitrogens is 3. The normalized spacial score (nSPS) is 14.6. The zero-order valence-electron chi connectivity index (χ0n) is 9.73. The van der Waals surface area contributed by atoms with Crippen molar-refractivity contribution in [3.05, 3.63) is 29.2 Å². The van der Waals surface area contributed by atoms with Crippen LogP contribution in [0.15, 0.2) is 12.4 Å². The number of rotatable bonds is 1. The van der Waals surface area contributed by atoms with Crippen molar-refractivity contribution >= 4 is 11.6 Å². The fraction of sp³-hybridized carbons (Fsp3) is 0.417. The van der Waals surface area contributed by atoms with Crippen LogP contribution in [0.3, 0.4) is 0 Å². The number of fused-ring (bicyclic) bond motifs is 3. The average molecular weight is 230 g/mol. The Morgan fingerprint density at radius 1 is 1.35 bits per heavy atom. The van der Waals surface area contributed by atoms with E-state index in [0.717, 1.165) is 12.8 Å². The highest BCUT2D eigenvalue weighted by Gasteiger charge is 2.18. The zero-order chi connectivity index (χ0) is 11.8. The van der Waals surface area contributed by atoms with E-state index in [4.69, 9.17) is 0 Å². The van der Waals surface area contributed by atoms with Crippen molar-refractivity contribution in [1.82, 2.24) is 19.9 Å². The van der Waals surface area contributed by atoms with E-state index in [9.17, 15) is 4.79 Å². The Balaban J connectivity index is 2.22. The number of carbonyl (C=O) groups excluding carboxylic acids is 1. The minimum Gasteiger partial charge on any atom is -0.355 e. The SMILES string of the molecule is CNC(=O)c1cnn2c3c(cnc12)CCCC3. The average Bonchev–Trinajstić information content (AvgIpc) is 2.82. The summed E-state index contributed by atoms with van der Waals surface area (Å²) in [6.07, 6.45) is 7.95.